The normalized spacial score (nSPS) is 20.1. The van der Waals surface area contributed by atoms with Gasteiger partial charge in [0.25, 0.3) is 0 Å². The van der Waals surface area contributed by atoms with Gasteiger partial charge in [-0.05, 0) is 30.0 Å². The Hall–Kier alpha value is -2.62. The van der Waals surface area contributed by atoms with Gasteiger partial charge in [0.15, 0.2) is 0 Å². The lowest BCUT2D eigenvalue weighted by Crippen LogP contribution is -2.44. The van der Waals surface area contributed by atoms with Gasteiger partial charge in [0.2, 0.25) is 11.8 Å². The van der Waals surface area contributed by atoms with Crippen LogP contribution in [-0.4, -0.2) is 24.4 Å². The Morgan fingerprint density at radius 2 is 1.65 bits per heavy atom. The number of carbonyl (C=O) groups is 2. The number of anilines is 1. The molecule has 2 aromatic rings. The number of amides is 2. The Balaban J connectivity index is 1.55. The number of hydrogen-bond donors (Lipinski definition) is 1. The second kappa shape index (κ2) is 7.32. The van der Waals surface area contributed by atoms with Crippen LogP contribution in [0, 0.1) is 0 Å². The van der Waals surface area contributed by atoms with Crippen molar-refractivity contribution in [3.63, 3.8) is 0 Å². The van der Waals surface area contributed by atoms with Crippen LogP contribution in [0.15, 0.2) is 54.6 Å². The summed E-state index contributed by atoms with van der Waals surface area (Å²) in [5.74, 6) is -0.403. The topological polar surface area (TPSA) is 49.4 Å². The summed E-state index contributed by atoms with van der Waals surface area (Å²) in [7, 11) is 0. The van der Waals surface area contributed by atoms with E-state index in [0.717, 1.165) is 29.7 Å². The molecule has 4 rings (SSSR count). The van der Waals surface area contributed by atoms with Crippen LogP contribution < -0.4 is 10.2 Å². The summed E-state index contributed by atoms with van der Waals surface area (Å²) < 4.78 is 0. The third-order valence-corrected chi connectivity index (χ3v) is 5.46. The SMILES string of the molecule is O=C(CN1C(=O)C(c2ccccc2)c2ccccc21)NC1CCCCC1. The average Bonchev–Trinajstić information content (AvgIpc) is 2.95. The zero-order chi connectivity index (χ0) is 17.9. The molecule has 2 aliphatic rings. The molecule has 1 aliphatic carbocycles. The number of nitrogens with one attached hydrogen (secondary N) is 1. The number of carbonyl (C=O) groups excluding carboxylic acids is 2. The molecule has 4 nitrogen and oxygen atoms in total. The van der Waals surface area contributed by atoms with Crippen molar-refractivity contribution in [2.45, 2.75) is 44.1 Å². The molecule has 0 aromatic heterocycles. The van der Waals surface area contributed by atoms with Crippen LogP contribution in [0.5, 0.6) is 0 Å². The van der Waals surface area contributed by atoms with Crippen molar-refractivity contribution in [3.8, 4) is 0 Å². The van der Waals surface area contributed by atoms with Crippen LogP contribution in [0.4, 0.5) is 5.69 Å². The quantitative estimate of drug-likeness (QED) is 0.917. The first-order valence-corrected chi connectivity index (χ1v) is 9.48. The second-order valence-electron chi connectivity index (χ2n) is 7.23. The first kappa shape index (κ1) is 16.8. The summed E-state index contributed by atoms with van der Waals surface area (Å²) >= 11 is 0. The standard InChI is InChI=1S/C22H24N2O2/c25-20(23-17-11-5-2-6-12-17)15-24-19-14-8-7-13-18(19)21(22(24)26)16-9-3-1-4-10-16/h1,3-4,7-10,13-14,17,21H,2,5-6,11-12,15H2,(H,23,25). The van der Waals surface area contributed by atoms with Gasteiger partial charge >= 0.3 is 0 Å². The predicted molar refractivity (Wildman–Crippen MR) is 102 cm³/mol. The molecular formula is C22H24N2O2. The van der Waals surface area contributed by atoms with Crippen molar-refractivity contribution < 1.29 is 9.59 Å². The van der Waals surface area contributed by atoms with Crippen molar-refractivity contribution in [2.24, 2.45) is 0 Å². The first-order chi connectivity index (χ1) is 12.7. The summed E-state index contributed by atoms with van der Waals surface area (Å²) in [5, 5.41) is 3.12. The molecule has 1 fully saturated rings. The molecule has 1 N–H and O–H groups in total. The lowest BCUT2D eigenvalue weighted by Gasteiger charge is -2.24. The number of nitrogens with zero attached hydrogens (tertiary/aromatic N) is 1. The smallest absolute Gasteiger partial charge is 0.240 e. The highest BCUT2D eigenvalue weighted by Crippen LogP contribution is 2.40. The van der Waals surface area contributed by atoms with E-state index in [2.05, 4.69) is 5.32 Å². The fourth-order valence-corrected chi connectivity index (χ4v) is 4.18. The van der Waals surface area contributed by atoms with Crippen LogP contribution in [-0.2, 0) is 9.59 Å². The molecule has 0 spiro atoms. The van der Waals surface area contributed by atoms with E-state index in [9.17, 15) is 9.59 Å². The van der Waals surface area contributed by atoms with E-state index in [-0.39, 0.29) is 30.3 Å². The Bertz CT molecular complexity index is 797. The maximum atomic E-state index is 13.1. The van der Waals surface area contributed by atoms with Gasteiger partial charge in [-0.3, -0.25) is 9.59 Å². The lowest BCUT2D eigenvalue weighted by molar-refractivity contribution is -0.124. The molecule has 2 amide bonds. The number of benzene rings is 2. The molecule has 0 saturated heterocycles. The van der Waals surface area contributed by atoms with Gasteiger partial charge in [-0.25, -0.2) is 0 Å². The van der Waals surface area contributed by atoms with E-state index in [1.54, 1.807) is 4.90 Å². The fourth-order valence-electron chi connectivity index (χ4n) is 4.18. The van der Waals surface area contributed by atoms with Gasteiger partial charge in [-0.2, -0.15) is 0 Å². The lowest BCUT2D eigenvalue weighted by atomic mass is 9.93. The minimum absolute atomic E-state index is 0.0174. The fraction of sp³-hybridized carbons (Fsp3) is 0.364. The molecular weight excluding hydrogens is 324 g/mol. The molecule has 26 heavy (non-hydrogen) atoms. The van der Waals surface area contributed by atoms with Crippen molar-refractivity contribution in [2.75, 3.05) is 11.4 Å². The van der Waals surface area contributed by atoms with Gasteiger partial charge in [-0.15, -0.1) is 0 Å². The van der Waals surface area contributed by atoms with E-state index in [4.69, 9.17) is 0 Å². The van der Waals surface area contributed by atoms with E-state index < -0.39 is 0 Å². The van der Waals surface area contributed by atoms with E-state index in [0.29, 0.717) is 0 Å². The number of rotatable bonds is 4. The predicted octanol–water partition coefficient (Wildman–Crippen LogP) is 3.61. The molecule has 1 atom stereocenters. The molecule has 1 saturated carbocycles. The zero-order valence-electron chi connectivity index (χ0n) is 14.9. The molecule has 0 bridgehead atoms. The van der Waals surface area contributed by atoms with Crippen molar-refractivity contribution in [1.82, 2.24) is 5.32 Å². The Labute approximate surface area is 154 Å². The van der Waals surface area contributed by atoms with Gasteiger partial charge in [0.1, 0.15) is 6.54 Å². The summed E-state index contributed by atoms with van der Waals surface area (Å²) in [6, 6.07) is 17.9. The largest absolute Gasteiger partial charge is 0.352 e. The van der Waals surface area contributed by atoms with Gasteiger partial charge in [-0.1, -0.05) is 67.8 Å². The van der Waals surface area contributed by atoms with Crippen LogP contribution in [0.1, 0.15) is 49.1 Å². The molecule has 1 heterocycles. The van der Waals surface area contributed by atoms with Gasteiger partial charge in [0, 0.05) is 11.7 Å². The van der Waals surface area contributed by atoms with Crippen LogP contribution in [0.2, 0.25) is 0 Å². The zero-order valence-corrected chi connectivity index (χ0v) is 14.9. The Morgan fingerprint density at radius 3 is 2.42 bits per heavy atom. The van der Waals surface area contributed by atoms with E-state index in [1.807, 2.05) is 54.6 Å². The third kappa shape index (κ3) is 3.24. The van der Waals surface area contributed by atoms with E-state index in [1.165, 1.54) is 19.3 Å². The Kier molecular flexibility index (Phi) is 4.74. The minimum atomic E-state index is -0.324. The molecule has 1 aliphatic heterocycles. The average molecular weight is 348 g/mol. The molecule has 1 unspecified atom stereocenters. The molecule has 0 radical (unpaired) electrons. The highest BCUT2D eigenvalue weighted by Gasteiger charge is 2.38. The van der Waals surface area contributed by atoms with Gasteiger partial charge < -0.3 is 10.2 Å². The minimum Gasteiger partial charge on any atom is -0.352 e. The molecule has 134 valence electrons. The maximum absolute atomic E-state index is 13.1. The van der Waals surface area contributed by atoms with Crippen molar-refractivity contribution in [1.29, 1.82) is 0 Å². The number of hydrogen-bond acceptors (Lipinski definition) is 2. The second-order valence-corrected chi connectivity index (χ2v) is 7.23. The van der Waals surface area contributed by atoms with Crippen molar-refractivity contribution >= 4 is 17.5 Å². The number of fused-ring (bicyclic) bond motifs is 1. The summed E-state index contributed by atoms with van der Waals surface area (Å²) in [5.41, 5.74) is 2.81. The summed E-state index contributed by atoms with van der Waals surface area (Å²) in [6.07, 6.45) is 5.69. The van der Waals surface area contributed by atoms with Crippen LogP contribution >= 0.6 is 0 Å². The van der Waals surface area contributed by atoms with E-state index >= 15 is 0 Å². The van der Waals surface area contributed by atoms with Crippen LogP contribution in [0.25, 0.3) is 0 Å². The summed E-state index contributed by atoms with van der Waals surface area (Å²) in [6.45, 7) is 0.0929. The molecule has 2 aromatic carbocycles. The number of para-hydroxylation sites is 1. The van der Waals surface area contributed by atoms with Crippen LogP contribution in [0.3, 0.4) is 0 Å². The first-order valence-electron chi connectivity index (χ1n) is 9.48. The molecule has 4 heteroatoms. The highest BCUT2D eigenvalue weighted by molar-refractivity contribution is 6.09. The summed E-state index contributed by atoms with van der Waals surface area (Å²) in [4.78, 5) is 27.3. The monoisotopic (exact) mass is 348 g/mol. The highest BCUT2D eigenvalue weighted by atomic mass is 16.2. The van der Waals surface area contributed by atoms with Gasteiger partial charge in [0.05, 0.1) is 5.92 Å². The maximum Gasteiger partial charge on any atom is 0.240 e. The third-order valence-electron chi connectivity index (χ3n) is 5.46. The van der Waals surface area contributed by atoms with Crippen molar-refractivity contribution in [3.05, 3.63) is 65.7 Å². The Morgan fingerprint density at radius 1 is 0.962 bits per heavy atom.